The maximum Gasteiger partial charge on any atom is 0.373 e. The van der Waals surface area contributed by atoms with Gasteiger partial charge in [-0.25, -0.2) is 9.67 Å². The van der Waals surface area contributed by atoms with Crippen molar-refractivity contribution < 1.29 is 19.2 Å². The van der Waals surface area contributed by atoms with Gasteiger partial charge in [0.2, 0.25) is 11.7 Å². The van der Waals surface area contributed by atoms with Crippen LogP contribution in [0.2, 0.25) is 0 Å². The van der Waals surface area contributed by atoms with Crippen LogP contribution in [-0.4, -0.2) is 50.3 Å². The molecular formula is C22H24N6O5. The lowest BCUT2D eigenvalue weighted by molar-refractivity contribution is -0.385. The summed E-state index contributed by atoms with van der Waals surface area (Å²) in [7, 11) is 1.69. The number of aryl methyl sites for hydroxylation is 1. The highest BCUT2D eigenvalue weighted by Gasteiger charge is 2.33. The predicted molar refractivity (Wildman–Crippen MR) is 119 cm³/mol. The maximum absolute atomic E-state index is 12.0. The van der Waals surface area contributed by atoms with E-state index in [4.69, 9.17) is 9.47 Å². The SMILES string of the molecule is CCOC(=O)C1CCN(c2ncnc(Oc3cc(-c4ccccc4)nn3C)c2[N+](=O)[O-])CC1. The van der Waals surface area contributed by atoms with Crippen LogP contribution >= 0.6 is 0 Å². The van der Waals surface area contributed by atoms with Crippen molar-refractivity contribution >= 4 is 17.5 Å². The number of piperidine rings is 1. The minimum absolute atomic E-state index is 0.165. The maximum atomic E-state index is 12.0. The van der Waals surface area contributed by atoms with Gasteiger partial charge in [-0.3, -0.25) is 14.9 Å². The molecule has 1 saturated heterocycles. The Labute approximate surface area is 190 Å². The van der Waals surface area contributed by atoms with E-state index in [1.54, 1.807) is 24.9 Å². The van der Waals surface area contributed by atoms with Crippen LogP contribution in [0.3, 0.4) is 0 Å². The van der Waals surface area contributed by atoms with Crippen molar-refractivity contribution in [3.05, 3.63) is 52.8 Å². The van der Waals surface area contributed by atoms with E-state index in [0.717, 1.165) is 5.56 Å². The Morgan fingerprint density at radius 2 is 1.94 bits per heavy atom. The molecule has 172 valence electrons. The molecule has 3 heterocycles. The predicted octanol–water partition coefficient (Wildman–Crippen LogP) is 3.36. The number of carbonyl (C=O) groups is 1. The van der Waals surface area contributed by atoms with E-state index in [-0.39, 0.29) is 29.3 Å². The van der Waals surface area contributed by atoms with Crippen LogP contribution in [0.15, 0.2) is 42.7 Å². The van der Waals surface area contributed by atoms with E-state index >= 15 is 0 Å². The zero-order valence-corrected chi connectivity index (χ0v) is 18.4. The average molecular weight is 452 g/mol. The lowest BCUT2D eigenvalue weighted by atomic mass is 9.97. The van der Waals surface area contributed by atoms with Gasteiger partial charge in [-0.1, -0.05) is 30.3 Å². The van der Waals surface area contributed by atoms with Crippen LogP contribution in [0.5, 0.6) is 11.8 Å². The van der Waals surface area contributed by atoms with E-state index in [2.05, 4.69) is 15.1 Å². The minimum atomic E-state index is -0.545. The van der Waals surface area contributed by atoms with Crippen LogP contribution in [0.1, 0.15) is 19.8 Å². The second-order valence-electron chi connectivity index (χ2n) is 7.58. The summed E-state index contributed by atoms with van der Waals surface area (Å²) in [4.78, 5) is 33.4. The molecule has 0 N–H and O–H groups in total. The number of esters is 1. The lowest BCUT2D eigenvalue weighted by Crippen LogP contribution is -2.37. The van der Waals surface area contributed by atoms with Crippen LogP contribution in [0, 0.1) is 16.0 Å². The number of benzene rings is 1. The third-order valence-electron chi connectivity index (χ3n) is 5.47. The average Bonchev–Trinajstić information content (AvgIpc) is 3.19. The first-order chi connectivity index (χ1) is 16.0. The highest BCUT2D eigenvalue weighted by Crippen LogP contribution is 2.38. The second-order valence-corrected chi connectivity index (χ2v) is 7.58. The molecule has 33 heavy (non-hydrogen) atoms. The molecule has 1 aliphatic rings. The highest BCUT2D eigenvalue weighted by molar-refractivity contribution is 5.73. The van der Waals surface area contributed by atoms with Crippen molar-refractivity contribution in [3.63, 3.8) is 0 Å². The fraction of sp³-hybridized carbons (Fsp3) is 0.364. The van der Waals surface area contributed by atoms with Crippen molar-refractivity contribution in [1.82, 2.24) is 19.7 Å². The summed E-state index contributed by atoms with van der Waals surface area (Å²) < 4.78 is 12.4. The number of anilines is 1. The minimum Gasteiger partial charge on any atom is -0.466 e. The van der Waals surface area contributed by atoms with Gasteiger partial charge >= 0.3 is 17.5 Å². The Balaban J connectivity index is 1.58. The first-order valence-corrected chi connectivity index (χ1v) is 10.7. The summed E-state index contributed by atoms with van der Waals surface area (Å²) in [6.45, 7) is 2.97. The molecule has 11 nitrogen and oxygen atoms in total. The molecular weight excluding hydrogens is 428 g/mol. The molecule has 0 spiro atoms. The molecule has 4 rings (SSSR count). The summed E-state index contributed by atoms with van der Waals surface area (Å²) in [5.74, 6) is -0.145. The van der Waals surface area contributed by atoms with Gasteiger partial charge in [0.05, 0.1) is 23.1 Å². The van der Waals surface area contributed by atoms with Gasteiger partial charge in [0.15, 0.2) is 0 Å². The Hall–Kier alpha value is -4.02. The third kappa shape index (κ3) is 4.76. The molecule has 11 heteroatoms. The van der Waals surface area contributed by atoms with Crippen molar-refractivity contribution in [1.29, 1.82) is 0 Å². The second kappa shape index (κ2) is 9.63. The Bertz CT molecular complexity index is 1140. The molecule has 1 aliphatic heterocycles. The van der Waals surface area contributed by atoms with E-state index in [9.17, 15) is 14.9 Å². The van der Waals surface area contributed by atoms with Gasteiger partial charge in [0.1, 0.15) is 6.33 Å². The molecule has 3 aromatic rings. The van der Waals surface area contributed by atoms with Gasteiger partial charge in [-0.05, 0) is 19.8 Å². The van der Waals surface area contributed by atoms with Crippen LogP contribution < -0.4 is 9.64 Å². The number of ether oxygens (including phenoxy) is 2. The number of nitrogens with zero attached hydrogens (tertiary/aromatic N) is 6. The summed E-state index contributed by atoms with van der Waals surface area (Å²) in [6.07, 6.45) is 2.29. The number of carbonyl (C=O) groups excluding carboxylic acids is 1. The molecule has 1 aromatic carbocycles. The fourth-order valence-corrected chi connectivity index (χ4v) is 3.80. The topological polar surface area (TPSA) is 126 Å². The number of nitro groups is 1. The molecule has 2 aromatic heterocycles. The Morgan fingerprint density at radius 1 is 1.21 bits per heavy atom. The normalized spacial score (nSPS) is 14.2. The lowest BCUT2D eigenvalue weighted by Gasteiger charge is -2.31. The molecule has 1 fully saturated rings. The molecule has 0 amide bonds. The fourth-order valence-electron chi connectivity index (χ4n) is 3.80. The summed E-state index contributed by atoms with van der Waals surface area (Å²) in [5.41, 5.74) is 1.24. The molecule has 0 bridgehead atoms. The van der Waals surface area contributed by atoms with E-state index < -0.39 is 4.92 Å². The third-order valence-corrected chi connectivity index (χ3v) is 5.47. The van der Waals surface area contributed by atoms with Gasteiger partial charge in [0.25, 0.3) is 0 Å². The van der Waals surface area contributed by atoms with Crippen LogP contribution in [0.25, 0.3) is 11.3 Å². The number of hydrogen-bond donors (Lipinski definition) is 0. The first-order valence-electron chi connectivity index (χ1n) is 10.7. The molecule has 0 aliphatic carbocycles. The van der Waals surface area contributed by atoms with E-state index in [1.807, 2.05) is 30.3 Å². The van der Waals surface area contributed by atoms with Crippen molar-refractivity contribution in [2.45, 2.75) is 19.8 Å². The smallest absolute Gasteiger partial charge is 0.373 e. The van der Waals surface area contributed by atoms with Crippen molar-refractivity contribution in [2.75, 3.05) is 24.6 Å². The molecule has 0 saturated carbocycles. The zero-order valence-electron chi connectivity index (χ0n) is 18.4. The number of aromatic nitrogens is 4. The van der Waals surface area contributed by atoms with Gasteiger partial charge in [-0.15, -0.1) is 0 Å². The summed E-state index contributed by atoms with van der Waals surface area (Å²) in [6, 6.07) is 11.2. The summed E-state index contributed by atoms with van der Waals surface area (Å²) >= 11 is 0. The zero-order chi connectivity index (χ0) is 23.4. The van der Waals surface area contributed by atoms with E-state index in [0.29, 0.717) is 44.1 Å². The monoisotopic (exact) mass is 452 g/mol. The standard InChI is InChI=1S/C22H24N6O5/c1-3-32-22(29)16-9-11-27(12-10-16)20-19(28(30)31)21(24-14-23-20)33-18-13-17(25-26(18)2)15-7-5-4-6-8-15/h4-8,13-14,16H,3,9-12H2,1-2H3. The Morgan fingerprint density at radius 3 is 2.61 bits per heavy atom. The number of hydrogen-bond acceptors (Lipinski definition) is 9. The van der Waals surface area contributed by atoms with Gasteiger partial charge in [0, 0.05) is 31.8 Å². The van der Waals surface area contributed by atoms with Crippen molar-refractivity contribution in [3.8, 4) is 23.0 Å². The van der Waals surface area contributed by atoms with Crippen molar-refractivity contribution in [2.24, 2.45) is 13.0 Å². The summed E-state index contributed by atoms with van der Waals surface area (Å²) in [5, 5.41) is 16.4. The van der Waals surface area contributed by atoms with Crippen LogP contribution in [0.4, 0.5) is 11.5 Å². The van der Waals surface area contributed by atoms with Gasteiger partial charge < -0.3 is 14.4 Å². The molecule has 0 radical (unpaired) electrons. The number of rotatable bonds is 7. The largest absolute Gasteiger partial charge is 0.466 e. The van der Waals surface area contributed by atoms with Gasteiger partial charge in [-0.2, -0.15) is 10.1 Å². The first kappa shape index (κ1) is 22.2. The molecule has 0 atom stereocenters. The Kier molecular flexibility index (Phi) is 6.48. The van der Waals surface area contributed by atoms with E-state index in [1.165, 1.54) is 11.0 Å². The van der Waals surface area contributed by atoms with Crippen LogP contribution in [-0.2, 0) is 16.6 Å². The highest BCUT2D eigenvalue weighted by atomic mass is 16.6. The quantitative estimate of drug-likeness (QED) is 0.301. The molecule has 0 unspecified atom stereocenters.